The maximum absolute atomic E-state index is 14.4. The van der Waals surface area contributed by atoms with Crippen molar-refractivity contribution in [3.63, 3.8) is 0 Å². The first kappa shape index (κ1) is 28.0. The molecule has 8 nitrogen and oxygen atoms in total. The van der Waals surface area contributed by atoms with Crippen molar-refractivity contribution in [3.05, 3.63) is 47.2 Å². The van der Waals surface area contributed by atoms with E-state index in [1.54, 1.807) is 20.8 Å². The van der Waals surface area contributed by atoms with Gasteiger partial charge in [-0.2, -0.15) is 8.78 Å². The van der Waals surface area contributed by atoms with Gasteiger partial charge in [-0.25, -0.2) is 0 Å². The third-order valence-electron chi connectivity index (χ3n) is 7.71. The zero-order valence-corrected chi connectivity index (χ0v) is 22.6. The molecule has 0 saturated carbocycles. The number of piperazine rings is 1. The Morgan fingerprint density at radius 3 is 2.68 bits per heavy atom. The molecule has 0 radical (unpaired) electrons. The summed E-state index contributed by atoms with van der Waals surface area (Å²) >= 11 is 0. The van der Waals surface area contributed by atoms with Gasteiger partial charge in [0.05, 0.1) is 18.0 Å². The summed E-state index contributed by atoms with van der Waals surface area (Å²) in [6, 6.07) is 7.59. The van der Waals surface area contributed by atoms with E-state index in [0.717, 1.165) is 11.6 Å². The van der Waals surface area contributed by atoms with Gasteiger partial charge in [0.2, 0.25) is 5.91 Å². The topological polar surface area (TPSA) is 104 Å². The Labute approximate surface area is 223 Å². The Balaban J connectivity index is 1.52. The van der Waals surface area contributed by atoms with Gasteiger partial charge in [-0.1, -0.05) is 45.4 Å². The van der Waals surface area contributed by atoms with E-state index in [0.29, 0.717) is 31.7 Å². The Bertz CT molecular complexity index is 1160. The third kappa shape index (κ3) is 5.56. The minimum absolute atomic E-state index is 0.0167. The zero-order valence-electron chi connectivity index (χ0n) is 22.6. The van der Waals surface area contributed by atoms with Crippen LogP contribution in [0, 0.1) is 16.2 Å². The predicted molar refractivity (Wildman–Crippen MR) is 143 cm³/mol. The minimum atomic E-state index is -3.32. The number of hydrogen-bond donors (Lipinski definition) is 3. The van der Waals surface area contributed by atoms with Crippen molar-refractivity contribution in [1.82, 2.24) is 20.0 Å². The van der Waals surface area contributed by atoms with Crippen molar-refractivity contribution in [2.75, 3.05) is 32.7 Å². The Kier molecular flexibility index (Phi) is 7.86. The summed E-state index contributed by atoms with van der Waals surface area (Å²) in [5, 5.41) is 20.0. The molecule has 0 aromatic heterocycles. The van der Waals surface area contributed by atoms with E-state index < -0.39 is 23.5 Å². The minimum Gasteiger partial charge on any atom is -0.333 e. The highest BCUT2D eigenvalue weighted by molar-refractivity contribution is 6.12. The van der Waals surface area contributed by atoms with Crippen LogP contribution in [0.2, 0.25) is 0 Å². The van der Waals surface area contributed by atoms with Crippen molar-refractivity contribution in [3.8, 4) is 0 Å². The molecule has 3 aliphatic heterocycles. The molecule has 206 valence electrons. The first-order valence-electron chi connectivity index (χ1n) is 13.3. The summed E-state index contributed by atoms with van der Waals surface area (Å²) < 4.78 is 28.8. The Morgan fingerprint density at radius 1 is 1.29 bits per heavy atom. The predicted octanol–water partition coefficient (Wildman–Crippen LogP) is 3.53. The summed E-state index contributed by atoms with van der Waals surface area (Å²) in [7, 11) is 0. The molecule has 2 atom stereocenters. The zero-order chi connectivity index (χ0) is 27.8. The molecule has 2 amide bonds. The lowest BCUT2D eigenvalue weighted by Gasteiger charge is -2.41. The van der Waals surface area contributed by atoms with Gasteiger partial charge in [-0.05, 0) is 24.6 Å². The van der Waals surface area contributed by atoms with Crippen LogP contribution in [0.1, 0.15) is 56.5 Å². The maximum atomic E-state index is 14.4. The molecule has 0 aliphatic carbocycles. The van der Waals surface area contributed by atoms with Crippen LogP contribution in [-0.2, 0) is 11.3 Å². The average Bonchev–Trinajstić information content (AvgIpc) is 3.28. The monoisotopic (exact) mass is 528 g/mol. The summed E-state index contributed by atoms with van der Waals surface area (Å²) in [5.41, 5.74) is 0.259. The lowest BCUT2D eigenvalue weighted by molar-refractivity contribution is -0.131. The molecule has 0 bridgehead atoms. The van der Waals surface area contributed by atoms with E-state index in [9.17, 15) is 18.4 Å². The third-order valence-corrected chi connectivity index (χ3v) is 7.71. The van der Waals surface area contributed by atoms with E-state index >= 15 is 0 Å². The second kappa shape index (κ2) is 10.6. The average molecular weight is 529 g/mol. The molecular weight excluding hydrogens is 490 g/mol. The summed E-state index contributed by atoms with van der Waals surface area (Å²) in [4.78, 5) is 31.8. The fraction of sp³-hybridized carbons (Fsp3) is 0.571. The van der Waals surface area contributed by atoms with E-state index in [2.05, 4.69) is 5.32 Å². The molecule has 3 aliphatic rings. The molecule has 0 unspecified atom stereocenters. The number of halogens is 2. The molecule has 1 aromatic carbocycles. The first-order chi connectivity index (χ1) is 17.8. The SMILES string of the molecule is CCCC(F)(F)C(=N)/C=C1\C(=N)C(C)(C)CN1C(=O)CN1C[C@@H](C)NC[C@@H]1CN1Cc2ccccc2C1=O. The lowest BCUT2D eigenvalue weighted by Crippen LogP contribution is -2.60. The van der Waals surface area contributed by atoms with Gasteiger partial charge in [0, 0.05) is 62.2 Å². The van der Waals surface area contributed by atoms with Crippen molar-refractivity contribution in [1.29, 1.82) is 10.8 Å². The number of rotatable bonds is 8. The highest BCUT2D eigenvalue weighted by Gasteiger charge is 2.44. The number of carbonyl (C=O) groups is 2. The van der Waals surface area contributed by atoms with Gasteiger partial charge < -0.3 is 20.5 Å². The quantitative estimate of drug-likeness (QED) is 0.449. The highest BCUT2D eigenvalue weighted by atomic mass is 19.3. The van der Waals surface area contributed by atoms with Gasteiger partial charge in [-0.3, -0.25) is 19.9 Å². The van der Waals surface area contributed by atoms with Crippen molar-refractivity contribution in [2.24, 2.45) is 5.41 Å². The van der Waals surface area contributed by atoms with Crippen LogP contribution in [0.4, 0.5) is 8.78 Å². The maximum Gasteiger partial charge on any atom is 0.289 e. The molecule has 1 aromatic rings. The Hall–Kier alpha value is -2.98. The molecule has 10 heteroatoms. The number of hydrogen-bond acceptors (Lipinski definition) is 6. The molecule has 2 fully saturated rings. The van der Waals surface area contributed by atoms with Gasteiger partial charge >= 0.3 is 0 Å². The molecule has 3 heterocycles. The number of nitrogens with zero attached hydrogens (tertiary/aromatic N) is 3. The van der Waals surface area contributed by atoms with Crippen molar-refractivity contribution >= 4 is 23.2 Å². The number of allylic oxidation sites excluding steroid dienone is 2. The summed E-state index contributed by atoms with van der Waals surface area (Å²) in [6.45, 7) is 9.66. The van der Waals surface area contributed by atoms with E-state index in [-0.39, 0.29) is 54.8 Å². The van der Waals surface area contributed by atoms with Crippen LogP contribution in [0.15, 0.2) is 36.0 Å². The van der Waals surface area contributed by atoms with E-state index in [4.69, 9.17) is 10.8 Å². The number of alkyl halides is 2. The van der Waals surface area contributed by atoms with E-state index in [1.165, 1.54) is 4.90 Å². The van der Waals surface area contributed by atoms with Gasteiger partial charge in [0.1, 0.15) is 5.71 Å². The molecule has 0 spiro atoms. The number of carbonyl (C=O) groups excluding carboxylic acids is 2. The largest absolute Gasteiger partial charge is 0.333 e. The fourth-order valence-electron chi connectivity index (χ4n) is 5.49. The number of likely N-dealkylation sites (tertiary alicyclic amines) is 1. The van der Waals surface area contributed by atoms with Crippen LogP contribution in [0.3, 0.4) is 0 Å². The number of nitrogens with one attached hydrogen (secondary N) is 3. The molecule has 2 saturated heterocycles. The van der Waals surface area contributed by atoms with Gasteiger partial charge in [-0.15, -0.1) is 0 Å². The van der Waals surface area contributed by atoms with Crippen molar-refractivity contribution < 1.29 is 18.4 Å². The highest BCUT2D eigenvalue weighted by Crippen LogP contribution is 2.35. The number of amides is 2. The first-order valence-corrected chi connectivity index (χ1v) is 13.3. The second-order valence-corrected chi connectivity index (χ2v) is 11.4. The van der Waals surface area contributed by atoms with Crippen LogP contribution in [0.5, 0.6) is 0 Å². The van der Waals surface area contributed by atoms with Crippen molar-refractivity contribution in [2.45, 2.75) is 65.1 Å². The summed E-state index contributed by atoms with van der Waals surface area (Å²) in [5.74, 6) is -3.63. The summed E-state index contributed by atoms with van der Waals surface area (Å²) in [6.07, 6.45) is 0.764. The second-order valence-electron chi connectivity index (χ2n) is 11.4. The van der Waals surface area contributed by atoms with Crippen LogP contribution in [0.25, 0.3) is 0 Å². The standard InChI is InChI=1S/C28H38F2N6O2/c1-5-10-28(29,30)23(31)11-22-25(32)27(3,4)17-36(22)24(37)16-34-13-18(2)33-12-20(34)15-35-14-19-8-6-7-9-21(19)26(35)38/h6-9,11,18,20,31-33H,5,10,12-17H2,1-4H3/b22-11+,31-23?,32-25?/t18-,20-/m1/s1. The van der Waals surface area contributed by atoms with Gasteiger partial charge in [0.15, 0.2) is 0 Å². The number of fused-ring (bicyclic) bond motifs is 1. The smallest absolute Gasteiger partial charge is 0.289 e. The van der Waals surface area contributed by atoms with Crippen LogP contribution >= 0.6 is 0 Å². The Morgan fingerprint density at radius 2 is 2.00 bits per heavy atom. The molecular formula is C28H38F2N6O2. The van der Waals surface area contributed by atoms with Crippen LogP contribution < -0.4 is 5.32 Å². The normalized spacial score (nSPS) is 24.8. The fourth-order valence-corrected chi connectivity index (χ4v) is 5.49. The number of benzene rings is 1. The molecule has 38 heavy (non-hydrogen) atoms. The van der Waals surface area contributed by atoms with E-state index in [1.807, 2.05) is 41.0 Å². The molecule has 3 N–H and O–H groups in total. The molecule has 4 rings (SSSR count). The lowest BCUT2D eigenvalue weighted by atomic mass is 9.89. The van der Waals surface area contributed by atoms with Gasteiger partial charge in [0.25, 0.3) is 11.8 Å². The van der Waals surface area contributed by atoms with Crippen LogP contribution in [-0.4, -0.2) is 88.7 Å².